The van der Waals surface area contributed by atoms with Crippen molar-refractivity contribution in [3.05, 3.63) is 30.0 Å². The van der Waals surface area contributed by atoms with Crippen molar-refractivity contribution in [3.8, 4) is 0 Å². The van der Waals surface area contributed by atoms with Gasteiger partial charge in [0.2, 0.25) is 0 Å². The molecule has 0 spiro atoms. The van der Waals surface area contributed by atoms with Crippen LogP contribution >= 0.6 is 0 Å². The molecule has 0 aromatic carbocycles. The van der Waals surface area contributed by atoms with Gasteiger partial charge in [-0.2, -0.15) is 0 Å². The van der Waals surface area contributed by atoms with E-state index >= 15 is 0 Å². The van der Waals surface area contributed by atoms with Crippen LogP contribution < -0.4 is 0 Å². The van der Waals surface area contributed by atoms with Crippen LogP contribution in [-0.2, 0) is 0 Å². The van der Waals surface area contributed by atoms with Gasteiger partial charge in [-0.05, 0) is 25.3 Å². The highest BCUT2D eigenvalue weighted by atomic mass is 19.1. The molecule has 1 aliphatic rings. The van der Waals surface area contributed by atoms with E-state index in [2.05, 4.69) is 0 Å². The van der Waals surface area contributed by atoms with Gasteiger partial charge in [-0.15, -0.1) is 0 Å². The monoisotopic (exact) mass is 153 g/mol. The molecule has 0 nitrogen and oxygen atoms in total. The van der Waals surface area contributed by atoms with Crippen LogP contribution in [0.4, 0.5) is 4.39 Å². The maximum absolute atomic E-state index is 13.1. The van der Waals surface area contributed by atoms with Gasteiger partial charge >= 0.3 is 0 Å². The first-order valence-corrected chi connectivity index (χ1v) is 4.00. The summed E-state index contributed by atoms with van der Waals surface area (Å²) in [7, 11) is 0. The van der Waals surface area contributed by atoms with E-state index in [9.17, 15) is 4.39 Å². The Balaban J connectivity index is 2.72. The summed E-state index contributed by atoms with van der Waals surface area (Å²) >= 11 is 0. The van der Waals surface area contributed by atoms with Crippen molar-refractivity contribution in [1.29, 1.82) is 0 Å². The zero-order chi connectivity index (χ0) is 8.43. The number of hydrogen-bond acceptors (Lipinski definition) is 0. The second-order valence-corrected chi connectivity index (χ2v) is 3.40. The van der Waals surface area contributed by atoms with Gasteiger partial charge in [0.15, 0.2) is 0 Å². The van der Waals surface area contributed by atoms with Gasteiger partial charge in [0, 0.05) is 5.92 Å². The van der Waals surface area contributed by atoms with Gasteiger partial charge in [-0.1, -0.05) is 25.5 Å². The first kappa shape index (κ1) is 8.51. The van der Waals surface area contributed by atoms with Crippen molar-refractivity contribution in [2.45, 2.75) is 20.8 Å². The van der Waals surface area contributed by atoms with Crippen molar-refractivity contribution in [1.82, 2.24) is 0 Å². The summed E-state index contributed by atoms with van der Waals surface area (Å²) in [5.74, 6) is 0.356. The minimum atomic E-state index is -0.00120. The van der Waals surface area contributed by atoms with Crippen LogP contribution in [0, 0.1) is 18.3 Å². The van der Waals surface area contributed by atoms with Crippen molar-refractivity contribution >= 4 is 0 Å². The lowest BCUT2D eigenvalue weighted by molar-refractivity contribution is 0.411. The molecule has 1 rings (SSSR count). The second kappa shape index (κ2) is 3.21. The fourth-order valence-electron chi connectivity index (χ4n) is 1.25. The molecule has 11 heavy (non-hydrogen) atoms. The number of hydrogen-bond donors (Lipinski definition) is 0. The Hall–Kier alpha value is -0.590. The van der Waals surface area contributed by atoms with Gasteiger partial charge < -0.3 is 0 Å². The molecular weight excluding hydrogens is 139 g/mol. The van der Waals surface area contributed by atoms with Crippen LogP contribution in [0.2, 0.25) is 0 Å². The number of halogens is 1. The molecule has 0 aromatic rings. The molecule has 0 bridgehead atoms. The zero-order valence-electron chi connectivity index (χ0n) is 7.26. The number of rotatable bonds is 1. The van der Waals surface area contributed by atoms with Gasteiger partial charge in [-0.25, -0.2) is 4.39 Å². The summed E-state index contributed by atoms with van der Waals surface area (Å²) in [6.45, 7) is 5.97. The zero-order valence-corrected chi connectivity index (χ0v) is 7.26. The lowest BCUT2D eigenvalue weighted by Gasteiger charge is -2.20. The van der Waals surface area contributed by atoms with E-state index in [1.165, 1.54) is 0 Å². The molecule has 0 aliphatic heterocycles. The van der Waals surface area contributed by atoms with E-state index in [1.807, 2.05) is 33.3 Å². The fourth-order valence-corrected chi connectivity index (χ4v) is 1.25. The minimum Gasteiger partial charge on any atom is -0.211 e. The average Bonchev–Trinajstić information content (AvgIpc) is 1.85. The molecule has 1 atom stereocenters. The van der Waals surface area contributed by atoms with E-state index in [4.69, 9.17) is 0 Å². The molecule has 0 saturated carbocycles. The van der Waals surface area contributed by atoms with E-state index < -0.39 is 0 Å². The molecule has 61 valence electrons. The van der Waals surface area contributed by atoms with Crippen LogP contribution in [0.25, 0.3) is 0 Å². The molecule has 0 amide bonds. The Bertz CT molecular complexity index is 199. The molecule has 0 N–H and O–H groups in total. The minimum absolute atomic E-state index is 0.000000000000000222. The van der Waals surface area contributed by atoms with Crippen molar-refractivity contribution in [2.24, 2.45) is 11.8 Å². The van der Waals surface area contributed by atoms with Crippen LogP contribution in [0.3, 0.4) is 0 Å². The Morgan fingerprint density at radius 2 is 2.09 bits per heavy atom. The highest BCUT2D eigenvalue weighted by molar-refractivity contribution is 5.30. The SMILES string of the molecule is CC1=C[CH]C(C(C)C)C(F)=C1. The van der Waals surface area contributed by atoms with E-state index in [-0.39, 0.29) is 11.7 Å². The summed E-state index contributed by atoms with van der Waals surface area (Å²) < 4.78 is 13.1. The van der Waals surface area contributed by atoms with Crippen molar-refractivity contribution in [2.75, 3.05) is 0 Å². The van der Waals surface area contributed by atoms with Crippen LogP contribution in [0.5, 0.6) is 0 Å². The molecule has 1 radical (unpaired) electrons. The summed E-state index contributed by atoms with van der Waals surface area (Å²) in [6, 6.07) is 0. The quantitative estimate of drug-likeness (QED) is 0.542. The first-order valence-electron chi connectivity index (χ1n) is 4.00. The number of allylic oxidation sites excluding steroid dienone is 4. The molecular formula is C10H14F. The maximum atomic E-state index is 13.1. The largest absolute Gasteiger partial charge is 0.211 e. The second-order valence-electron chi connectivity index (χ2n) is 3.40. The summed E-state index contributed by atoms with van der Waals surface area (Å²) in [5, 5.41) is 0. The Kier molecular flexibility index (Phi) is 2.48. The Morgan fingerprint density at radius 1 is 1.45 bits per heavy atom. The molecule has 0 aromatic heterocycles. The highest BCUT2D eigenvalue weighted by Crippen LogP contribution is 2.29. The summed E-state index contributed by atoms with van der Waals surface area (Å²) in [4.78, 5) is 0. The van der Waals surface area contributed by atoms with Gasteiger partial charge in [0.1, 0.15) is 5.83 Å². The standard InChI is InChI=1S/C10H14F/c1-7(2)9-5-4-8(3)6-10(9)11/h4-7,9H,1-3H3. The predicted octanol–water partition coefficient (Wildman–Crippen LogP) is 3.28. The van der Waals surface area contributed by atoms with Crippen LogP contribution in [0.15, 0.2) is 23.6 Å². The molecule has 1 heteroatoms. The van der Waals surface area contributed by atoms with E-state index in [0.29, 0.717) is 5.92 Å². The summed E-state index contributed by atoms with van der Waals surface area (Å²) in [5.41, 5.74) is 0.999. The summed E-state index contributed by atoms with van der Waals surface area (Å²) in [6.07, 6.45) is 5.54. The third kappa shape index (κ3) is 1.92. The Morgan fingerprint density at radius 3 is 2.55 bits per heavy atom. The van der Waals surface area contributed by atoms with E-state index in [0.717, 1.165) is 5.57 Å². The molecule has 0 saturated heterocycles. The van der Waals surface area contributed by atoms with Crippen LogP contribution in [-0.4, -0.2) is 0 Å². The topological polar surface area (TPSA) is 0 Å². The third-order valence-corrected chi connectivity index (χ3v) is 1.97. The average molecular weight is 153 g/mol. The molecule has 0 fully saturated rings. The Labute approximate surface area is 67.8 Å². The highest BCUT2D eigenvalue weighted by Gasteiger charge is 2.20. The van der Waals surface area contributed by atoms with Gasteiger partial charge in [0.05, 0.1) is 0 Å². The third-order valence-electron chi connectivity index (χ3n) is 1.97. The lowest BCUT2D eigenvalue weighted by Crippen LogP contribution is -2.11. The van der Waals surface area contributed by atoms with Gasteiger partial charge in [-0.3, -0.25) is 0 Å². The van der Waals surface area contributed by atoms with Gasteiger partial charge in [0.25, 0.3) is 0 Å². The normalized spacial score (nSPS) is 25.0. The fraction of sp³-hybridized carbons (Fsp3) is 0.500. The molecule has 1 aliphatic carbocycles. The van der Waals surface area contributed by atoms with Crippen molar-refractivity contribution < 1.29 is 4.39 Å². The van der Waals surface area contributed by atoms with Crippen LogP contribution in [0.1, 0.15) is 20.8 Å². The first-order chi connectivity index (χ1) is 5.11. The predicted molar refractivity (Wildman–Crippen MR) is 45.6 cm³/mol. The van der Waals surface area contributed by atoms with E-state index in [1.54, 1.807) is 6.08 Å². The van der Waals surface area contributed by atoms with Crippen molar-refractivity contribution in [3.63, 3.8) is 0 Å². The lowest BCUT2D eigenvalue weighted by atomic mass is 9.87. The maximum Gasteiger partial charge on any atom is 0.104 e. The molecule has 1 unspecified atom stereocenters. The molecule has 0 heterocycles. The smallest absolute Gasteiger partial charge is 0.104 e.